The summed E-state index contributed by atoms with van der Waals surface area (Å²) in [6, 6.07) is 6.05. The van der Waals surface area contributed by atoms with Gasteiger partial charge in [-0.05, 0) is 44.7 Å². The third kappa shape index (κ3) is 3.49. The van der Waals surface area contributed by atoms with Gasteiger partial charge in [0.2, 0.25) is 0 Å². The van der Waals surface area contributed by atoms with Gasteiger partial charge >= 0.3 is 0 Å². The van der Waals surface area contributed by atoms with Crippen LogP contribution in [0.15, 0.2) is 18.2 Å². The van der Waals surface area contributed by atoms with Crippen molar-refractivity contribution >= 4 is 5.82 Å². The fourth-order valence-electron chi connectivity index (χ4n) is 2.04. The zero-order valence-electron chi connectivity index (χ0n) is 9.91. The van der Waals surface area contributed by atoms with Gasteiger partial charge in [0.15, 0.2) is 0 Å². The molecule has 1 atom stereocenters. The fraction of sp³-hybridized carbons (Fsp3) is 0.615. The van der Waals surface area contributed by atoms with Crippen LogP contribution in [0.2, 0.25) is 0 Å². The maximum Gasteiger partial charge on any atom is 0.126 e. The molecule has 2 heterocycles. The number of rotatable bonds is 4. The Hall–Kier alpha value is -1.09. The summed E-state index contributed by atoms with van der Waals surface area (Å²) in [6.07, 6.45) is 5.28. The maximum absolute atomic E-state index is 5.68. The molecule has 0 aromatic carbocycles. The van der Waals surface area contributed by atoms with Crippen molar-refractivity contribution in [2.24, 2.45) is 0 Å². The van der Waals surface area contributed by atoms with Gasteiger partial charge in [0.25, 0.3) is 0 Å². The number of pyridine rings is 1. The van der Waals surface area contributed by atoms with Gasteiger partial charge < -0.3 is 10.1 Å². The molecule has 0 spiro atoms. The van der Waals surface area contributed by atoms with Crippen molar-refractivity contribution in [1.82, 2.24) is 4.98 Å². The van der Waals surface area contributed by atoms with Gasteiger partial charge in [-0.3, -0.25) is 0 Å². The first-order chi connectivity index (χ1) is 7.84. The van der Waals surface area contributed by atoms with Crippen LogP contribution in [-0.2, 0) is 4.74 Å². The zero-order valence-corrected chi connectivity index (χ0v) is 9.91. The van der Waals surface area contributed by atoms with Crippen molar-refractivity contribution in [3.63, 3.8) is 0 Å². The molecule has 1 unspecified atom stereocenters. The lowest BCUT2D eigenvalue weighted by molar-refractivity contribution is 0.0134. The van der Waals surface area contributed by atoms with Gasteiger partial charge in [-0.1, -0.05) is 6.07 Å². The second-order valence-electron chi connectivity index (χ2n) is 4.37. The predicted octanol–water partition coefficient (Wildman–Crippen LogP) is 2.76. The minimum atomic E-state index is 0.450. The minimum absolute atomic E-state index is 0.450. The number of ether oxygens (including phenoxy) is 1. The molecule has 1 aromatic rings. The molecule has 1 aliphatic heterocycles. The molecule has 1 saturated heterocycles. The molecule has 0 saturated carbocycles. The first-order valence-corrected chi connectivity index (χ1v) is 6.14. The van der Waals surface area contributed by atoms with Gasteiger partial charge in [-0.25, -0.2) is 4.98 Å². The van der Waals surface area contributed by atoms with Crippen LogP contribution < -0.4 is 5.32 Å². The van der Waals surface area contributed by atoms with Gasteiger partial charge in [-0.2, -0.15) is 0 Å². The Morgan fingerprint density at radius 3 is 3.12 bits per heavy atom. The maximum atomic E-state index is 5.68. The van der Waals surface area contributed by atoms with E-state index >= 15 is 0 Å². The predicted molar refractivity (Wildman–Crippen MR) is 65.7 cm³/mol. The highest BCUT2D eigenvalue weighted by molar-refractivity contribution is 5.34. The Morgan fingerprint density at radius 2 is 2.38 bits per heavy atom. The van der Waals surface area contributed by atoms with Crippen molar-refractivity contribution in [2.75, 3.05) is 18.5 Å². The smallest absolute Gasteiger partial charge is 0.126 e. The minimum Gasteiger partial charge on any atom is -0.378 e. The molecule has 1 N–H and O–H groups in total. The zero-order chi connectivity index (χ0) is 11.2. The number of anilines is 1. The van der Waals surface area contributed by atoms with E-state index in [9.17, 15) is 0 Å². The van der Waals surface area contributed by atoms with Crippen molar-refractivity contribution < 1.29 is 4.74 Å². The van der Waals surface area contributed by atoms with E-state index in [0.29, 0.717) is 6.10 Å². The quantitative estimate of drug-likeness (QED) is 0.847. The lowest BCUT2D eigenvalue weighted by atomic mass is 10.1. The summed E-state index contributed by atoms with van der Waals surface area (Å²) in [5.41, 5.74) is 1.05. The molecule has 16 heavy (non-hydrogen) atoms. The van der Waals surface area contributed by atoms with Crippen LogP contribution in [0, 0.1) is 6.92 Å². The number of hydrogen-bond donors (Lipinski definition) is 1. The van der Waals surface area contributed by atoms with E-state index in [1.165, 1.54) is 19.3 Å². The van der Waals surface area contributed by atoms with Gasteiger partial charge in [0.05, 0.1) is 6.10 Å². The second kappa shape index (κ2) is 5.85. The summed E-state index contributed by atoms with van der Waals surface area (Å²) in [5.74, 6) is 0.968. The van der Waals surface area contributed by atoms with Crippen LogP contribution in [0.4, 0.5) is 5.82 Å². The Bertz CT molecular complexity index is 321. The molecular formula is C13H20N2O. The molecule has 0 amide bonds. The molecule has 0 aliphatic carbocycles. The SMILES string of the molecule is Cc1cccc(NCCC2CCCCO2)n1. The summed E-state index contributed by atoms with van der Waals surface area (Å²) in [4.78, 5) is 4.40. The molecular weight excluding hydrogens is 200 g/mol. The Kier molecular flexibility index (Phi) is 4.17. The van der Waals surface area contributed by atoms with Crippen molar-refractivity contribution in [2.45, 2.75) is 38.7 Å². The number of aromatic nitrogens is 1. The van der Waals surface area contributed by atoms with Crippen LogP contribution in [0.25, 0.3) is 0 Å². The summed E-state index contributed by atoms with van der Waals surface area (Å²) in [6.45, 7) is 3.89. The lowest BCUT2D eigenvalue weighted by Gasteiger charge is -2.22. The summed E-state index contributed by atoms with van der Waals surface area (Å²) < 4.78 is 5.68. The summed E-state index contributed by atoms with van der Waals surface area (Å²) in [7, 11) is 0. The molecule has 1 aliphatic rings. The van der Waals surface area contributed by atoms with Gasteiger partial charge in [-0.15, -0.1) is 0 Å². The normalized spacial score (nSPS) is 20.7. The Labute approximate surface area is 97.2 Å². The van der Waals surface area contributed by atoms with Gasteiger partial charge in [0.1, 0.15) is 5.82 Å². The fourth-order valence-corrected chi connectivity index (χ4v) is 2.04. The Balaban J connectivity index is 1.71. The van der Waals surface area contributed by atoms with Crippen LogP contribution >= 0.6 is 0 Å². The van der Waals surface area contributed by atoms with E-state index in [1.807, 2.05) is 25.1 Å². The largest absolute Gasteiger partial charge is 0.378 e. The van der Waals surface area contributed by atoms with Crippen molar-refractivity contribution in [3.05, 3.63) is 23.9 Å². The average molecular weight is 220 g/mol. The second-order valence-corrected chi connectivity index (χ2v) is 4.37. The van der Waals surface area contributed by atoms with Crippen LogP contribution in [0.1, 0.15) is 31.4 Å². The van der Waals surface area contributed by atoms with E-state index in [4.69, 9.17) is 4.74 Å². The van der Waals surface area contributed by atoms with E-state index in [0.717, 1.165) is 31.1 Å². The summed E-state index contributed by atoms with van der Waals surface area (Å²) >= 11 is 0. The van der Waals surface area contributed by atoms with Crippen molar-refractivity contribution in [1.29, 1.82) is 0 Å². The molecule has 2 rings (SSSR count). The molecule has 1 fully saturated rings. The average Bonchev–Trinajstić information content (AvgIpc) is 2.30. The number of hydrogen-bond acceptors (Lipinski definition) is 3. The molecule has 1 aromatic heterocycles. The monoisotopic (exact) mass is 220 g/mol. The van der Waals surface area contributed by atoms with Crippen LogP contribution in [0.3, 0.4) is 0 Å². The Morgan fingerprint density at radius 1 is 1.44 bits per heavy atom. The van der Waals surface area contributed by atoms with Crippen LogP contribution in [0.5, 0.6) is 0 Å². The third-order valence-electron chi connectivity index (χ3n) is 2.93. The molecule has 0 bridgehead atoms. The van der Waals surface area contributed by atoms with E-state index < -0.39 is 0 Å². The highest BCUT2D eigenvalue weighted by atomic mass is 16.5. The number of aryl methyl sites for hydroxylation is 1. The highest BCUT2D eigenvalue weighted by Crippen LogP contribution is 2.15. The molecule has 0 radical (unpaired) electrons. The van der Waals surface area contributed by atoms with E-state index in [2.05, 4.69) is 10.3 Å². The first kappa shape index (κ1) is 11.4. The number of nitrogens with zero attached hydrogens (tertiary/aromatic N) is 1. The van der Waals surface area contributed by atoms with Crippen molar-refractivity contribution in [3.8, 4) is 0 Å². The van der Waals surface area contributed by atoms with E-state index in [-0.39, 0.29) is 0 Å². The first-order valence-electron chi connectivity index (χ1n) is 6.14. The topological polar surface area (TPSA) is 34.1 Å². The van der Waals surface area contributed by atoms with Gasteiger partial charge in [0, 0.05) is 18.8 Å². The standard InChI is InChI=1S/C13H20N2O/c1-11-5-4-7-13(15-11)14-9-8-12-6-2-3-10-16-12/h4-5,7,12H,2-3,6,8-10H2,1H3,(H,14,15). The van der Waals surface area contributed by atoms with Crippen LogP contribution in [-0.4, -0.2) is 24.2 Å². The molecule has 3 heteroatoms. The third-order valence-corrected chi connectivity index (χ3v) is 2.93. The van der Waals surface area contributed by atoms with E-state index in [1.54, 1.807) is 0 Å². The molecule has 3 nitrogen and oxygen atoms in total. The number of nitrogens with one attached hydrogen (secondary N) is 1. The summed E-state index contributed by atoms with van der Waals surface area (Å²) in [5, 5.41) is 3.34. The highest BCUT2D eigenvalue weighted by Gasteiger charge is 2.12. The lowest BCUT2D eigenvalue weighted by Crippen LogP contribution is -2.22. The molecule has 88 valence electrons.